The predicted octanol–water partition coefficient (Wildman–Crippen LogP) is 0.818. The topological polar surface area (TPSA) is 87.7 Å². The van der Waals surface area contributed by atoms with Crippen molar-refractivity contribution in [2.45, 2.75) is 45.1 Å². The van der Waals surface area contributed by atoms with Gasteiger partial charge in [0.25, 0.3) is 0 Å². The molecule has 1 aliphatic rings. The highest BCUT2D eigenvalue weighted by Crippen LogP contribution is 2.32. The van der Waals surface area contributed by atoms with E-state index in [4.69, 9.17) is 10.9 Å². The maximum absolute atomic E-state index is 11.1. The minimum atomic E-state index is -0.632. The molecule has 0 aromatic rings. The number of amides is 1. The van der Waals surface area contributed by atoms with Crippen molar-refractivity contribution >= 4 is 11.7 Å². The Balaban J connectivity index is 2.82. The van der Waals surface area contributed by atoms with Crippen LogP contribution in [0.1, 0.15) is 39.5 Å². The molecular formula is C10H19N3O2. The molecule has 5 nitrogen and oxygen atoms in total. The second-order valence-electron chi connectivity index (χ2n) is 4.43. The SMILES string of the molecule is CC(=O)NC1(/C(N)=N/O)CCC(C)CC1. The average molecular weight is 213 g/mol. The second kappa shape index (κ2) is 4.51. The minimum absolute atomic E-state index is 0.115. The zero-order valence-corrected chi connectivity index (χ0v) is 9.29. The molecular weight excluding hydrogens is 194 g/mol. The van der Waals surface area contributed by atoms with Gasteiger partial charge in [0, 0.05) is 6.92 Å². The van der Waals surface area contributed by atoms with Crippen LogP contribution in [0.2, 0.25) is 0 Å². The Bertz CT molecular complexity index is 268. The lowest BCUT2D eigenvalue weighted by Crippen LogP contribution is -2.58. The molecule has 1 fully saturated rings. The zero-order valence-electron chi connectivity index (χ0n) is 9.29. The van der Waals surface area contributed by atoms with Crippen LogP contribution < -0.4 is 11.1 Å². The number of rotatable bonds is 2. The summed E-state index contributed by atoms with van der Waals surface area (Å²) in [6.45, 7) is 3.62. The fraction of sp³-hybridized carbons (Fsp3) is 0.800. The zero-order chi connectivity index (χ0) is 11.5. The van der Waals surface area contributed by atoms with Gasteiger partial charge in [-0.15, -0.1) is 0 Å². The van der Waals surface area contributed by atoms with Crippen molar-refractivity contribution in [3.8, 4) is 0 Å². The van der Waals surface area contributed by atoms with E-state index in [0.29, 0.717) is 5.92 Å². The normalized spacial score (nSPS) is 32.4. The molecule has 0 spiro atoms. The van der Waals surface area contributed by atoms with Crippen molar-refractivity contribution < 1.29 is 10.0 Å². The van der Waals surface area contributed by atoms with Crippen molar-refractivity contribution in [2.24, 2.45) is 16.8 Å². The van der Waals surface area contributed by atoms with E-state index in [-0.39, 0.29) is 11.7 Å². The maximum atomic E-state index is 11.1. The van der Waals surface area contributed by atoms with Crippen LogP contribution in [0.3, 0.4) is 0 Å². The number of nitrogens with one attached hydrogen (secondary N) is 1. The third-order valence-corrected chi connectivity index (χ3v) is 3.14. The van der Waals surface area contributed by atoms with Crippen LogP contribution in [0, 0.1) is 5.92 Å². The summed E-state index contributed by atoms with van der Waals surface area (Å²) in [6.07, 6.45) is 3.44. The Morgan fingerprint density at radius 3 is 2.47 bits per heavy atom. The molecule has 1 aliphatic carbocycles. The van der Waals surface area contributed by atoms with E-state index in [0.717, 1.165) is 25.7 Å². The second-order valence-corrected chi connectivity index (χ2v) is 4.43. The highest BCUT2D eigenvalue weighted by Gasteiger charge is 2.39. The molecule has 5 heteroatoms. The largest absolute Gasteiger partial charge is 0.409 e. The Morgan fingerprint density at radius 2 is 2.07 bits per heavy atom. The number of amidine groups is 1. The smallest absolute Gasteiger partial charge is 0.217 e. The molecule has 0 unspecified atom stereocenters. The van der Waals surface area contributed by atoms with Gasteiger partial charge in [-0.25, -0.2) is 0 Å². The van der Waals surface area contributed by atoms with E-state index in [1.165, 1.54) is 6.92 Å². The first-order valence-corrected chi connectivity index (χ1v) is 5.27. The van der Waals surface area contributed by atoms with Gasteiger partial charge in [0.1, 0.15) is 5.54 Å². The monoisotopic (exact) mass is 213 g/mol. The summed E-state index contributed by atoms with van der Waals surface area (Å²) < 4.78 is 0. The summed E-state index contributed by atoms with van der Waals surface area (Å²) in [7, 11) is 0. The minimum Gasteiger partial charge on any atom is -0.409 e. The molecule has 1 saturated carbocycles. The van der Waals surface area contributed by atoms with Crippen molar-refractivity contribution in [1.82, 2.24) is 5.32 Å². The lowest BCUT2D eigenvalue weighted by molar-refractivity contribution is -0.120. The van der Waals surface area contributed by atoms with Crippen molar-refractivity contribution in [2.75, 3.05) is 0 Å². The molecule has 1 rings (SSSR count). The van der Waals surface area contributed by atoms with Crippen molar-refractivity contribution in [3.63, 3.8) is 0 Å². The van der Waals surface area contributed by atoms with E-state index in [1.54, 1.807) is 0 Å². The van der Waals surface area contributed by atoms with Gasteiger partial charge in [-0.3, -0.25) is 4.79 Å². The van der Waals surface area contributed by atoms with Crippen LogP contribution in [-0.2, 0) is 4.79 Å². The molecule has 0 aromatic carbocycles. The molecule has 0 atom stereocenters. The summed E-state index contributed by atoms with van der Waals surface area (Å²) in [5, 5.41) is 14.6. The summed E-state index contributed by atoms with van der Waals surface area (Å²) in [6, 6.07) is 0. The molecule has 0 aromatic heterocycles. The van der Waals surface area contributed by atoms with Gasteiger partial charge in [-0.05, 0) is 31.6 Å². The highest BCUT2D eigenvalue weighted by molar-refractivity contribution is 5.93. The van der Waals surface area contributed by atoms with Crippen LogP contribution >= 0.6 is 0 Å². The van der Waals surface area contributed by atoms with Crippen LogP contribution in [0.5, 0.6) is 0 Å². The number of hydrogen-bond donors (Lipinski definition) is 3. The highest BCUT2D eigenvalue weighted by atomic mass is 16.4. The number of nitrogens with two attached hydrogens (primary N) is 1. The van der Waals surface area contributed by atoms with Crippen LogP contribution in [0.15, 0.2) is 5.16 Å². The molecule has 4 N–H and O–H groups in total. The molecule has 86 valence electrons. The quantitative estimate of drug-likeness (QED) is 0.274. The number of oxime groups is 1. The van der Waals surface area contributed by atoms with E-state index >= 15 is 0 Å². The number of nitrogens with zero attached hydrogens (tertiary/aromatic N) is 1. The van der Waals surface area contributed by atoms with E-state index in [2.05, 4.69) is 17.4 Å². The Kier molecular flexibility index (Phi) is 3.55. The van der Waals surface area contributed by atoms with Gasteiger partial charge >= 0.3 is 0 Å². The maximum Gasteiger partial charge on any atom is 0.217 e. The van der Waals surface area contributed by atoms with Crippen molar-refractivity contribution in [1.29, 1.82) is 0 Å². The Morgan fingerprint density at radius 1 is 1.53 bits per heavy atom. The van der Waals surface area contributed by atoms with Gasteiger partial charge in [-0.1, -0.05) is 12.1 Å². The summed E-state index contributed by atoms with van der Waals surface area (Å²) >= 11 is 0. The molecule has 1 amide bonds. The Hall–Kier alpha value is -1.26. The molecule has 0 aliphatic heterocycles. The van der Waals surface area contributed by atoms with Crippen LogP contribution in [-0.4, -0.2) is 22.5 Å². The van der Waals surface area contributed by atoms with E-state index in [9.17, 15) is 4.79 Å². The molecule has 0 radical (unpaired) electrons. The first-order chi connectivity index (χ1) is 7.00. The van der Waals surface area contributed by atoms with Crippen LogP contribution in [0.4, 0.5) is 0 Å². The standard InChI is InChI=1S/C10H19N3O2/c1-7-3-5-10(6-4-7,9(11)13-15)12-8(2)14/h7,15H,3-6H2,1-2H3,(H2,11,13)(H,12,14). The number of carbonyl (C=O) groups excluding carboxylic acids is 1. The van der Waals surface area contributed by atoms with Crippen LogP contribution in [0.25, 0.3) is 0 Å². The first kappa shape index (κ1) is 11.8. The first-order valence-electron chi connectivity index (χ1n) is 5.27. The molecule has 0 heterocycles. The van der Waals surface area contributed by atoms with E-state index in [1.807, 2.05) is 0 Å². The van der Waals surface area contributed by atoms with Gasteiger partial charge in [-0.2, -0.15) is 0 Å². The van der Waals surface area contributed by atoms with E-state index < -0.39 is 5.54 Å². The third-order valence-electron chi connectivity index (χ3n) is 3.14. The number of hydrogen-bond acceptors (Lipinski definition) is 3. The molecule has 15 heavy (non-hydrogen) atoms. The van der Waals surface area contributed by atoms with Crippen molar-refractivity contribution in [3.05, 3.63) is 0 Å². The molecule has 0 saturated heterocycles. The molecule has 0 bridgehead atoms. The summed E-state index contributed by atoms with van der Waals surface area (Å²) in [5.74, 6) is 0.610. The Labute approximate surface area is 89.7 Å². The lowest BCUT2D eigenvalue weighted by Gasteiger charge is -2.38. The summed E-state index contributed by atoms with van der Waals surface area (Å²) in [4.78, 5) is 11.1. The number of carbonyl (C=O) groups is 1. The predicted molar refractivity (Wildman–Crippen MR) is 57.6 cm³/mol. The average Bonchev–Trinajstić information content (AvgIpc) is 2.20. The fourth-order valence-electron chi connectivity index (χ4n) is 2.13. The van der Waals surface area contributed by atoms with Gasteiger partial charge in [0.05, 0.1) is 0 Å². The fourth-order valence-corrected chi connectivity index (χ4v) is 2.13. The third kappa shape index (κ3) is 2.61. The van der Waals surface area contributed by atoms with Gasteiger partial charge in [0.2, 0.25) is 5.91 Å². The van der Waals surface area contributed by atoms with Gasteiger partial charge < -0.3 is 16.3 Å². The van der Waals surface area contributed by atoms with Gasteiger partial charge in [0.15, 0.2) is 5.84 Å². The lowest BCUT2D eigenvalue weighted by atomic mass is 9.76. The summed E-state index contributed by atoms with van der Waals surface area (Å²) in [5.41, 5.74) is 5.03.